The Bertz CT molecular complexity index is 1270. The van der Waals surface area contributed by atoms with Gasteiger partial charge in [-0.25, -0.2) is 0 Å². The first-order valence-electron chi connectivity index (χ1n) is 11.0. The van der Waals surface area contributed by atoms with E-state index in [1.54, 1.807) is 48.5 Å². The number of primary amides is 1. The Kier molecular flexibility index (Phi) is 7.83. The van der Waals surface area contributed by atoms with E-state index < -0.39 is 29.3 Å². The minimum Gasteiger partial charge on any atom is -0.497 e. The van der Waals surface area contributed by atoms with Gasteiger partial charge in [0.2, 0.25) is 5.91 Å². The third-order valence-corrected chi connectivity index (χ3v) is 5.99. The van der Waals surface area contributed by atoms with Crippen molar-refractivity contribution in [2.45, 2.75) is 32.4 Å². The summed E-state index contributed by atoms with van der Waals surface area (Å²) in [7, 11) is 3.03. The molecule has 36 heavy (non-hydrogen) atoms. The molecular weight excluding hydrogens is 482 g/mol. The van der Waals surface area contributed by atoms with Crippen molar-refractivity contribution >= 4 is 40.6 Å². The lowest BCUT2D eigenvalue weighted by Crippen LogP contribution is -2.49. The molecule has 0 radical (unpaired) electrons. The predicted octanol–water partition coefficient (Wildman–Crippen LogP) is 3.14. The minimum absolute atomic E-state index is 0.0197. The maximum atomic E-state index is 14.0. The summed E-state index contributed by atoms with van der Waals surface area (Å²) in [6, 6.07) is 12.4. The van der Waals surface area contributed by atoms with Gasteiger partial charge in [-0.1, -0.05) is 18.2 Å². The molecule has 0 fully saturated rings. The van der Waals surface area contributed by atoms with Gasteiger partial charge in [0, 0.05) is 17.3 Å². The maximum absolute atomic E-state index is 14.0. The van der Waals surface area contributed by atoms with E-state index in [0.717, 1.165) is 11.5 Å². The van der Waals surface area contributed by atoms with Gasteiger partial charge in [-0.15, -0.1) is 0 Å². The largest absolute Gasteiger partial charge is 0.497 e. The van der Waals surface area contributed by atoms with Crippen LogP contribution in [0.4, 0.5) is 11.4 Å². The summed E-state index contributed by atoms with van der Waals surface area (Å²) in [6.07, 6.45) is 0. The van der Waals surface area contributed by atoms with Crippen molar-refractivity contribution in [3.05, 3.63) is 64.7 Å². The first kappa shape index (κ1) is 26.5. The third kappa shape index (κ3) is 5.74. The second-order valence-corrected chi connectivity index (χ2v) is 9.70. The zero-order valence-electron chi connectivity index (χ0n) is 20.7. The molecule has 0 bridgehead atoms. The number of nitrogens with two attached hydrogens (primary N) is 2. The van der Waals surface area contributed by atoms with Gasteiger partial charge in [-0.05, 0) is 62.1 Å². The summed E-state index contributed by atoms with van der Waals surface area (Å²) >= 11 is 0.739. The van der Waals surface area contributed by atoms with E-state index in [4.69, 9.17) is 20.9 Å². The van der Waals surface area contributed by atoms with E-state index in [-0.39, 0.29) is 16.3 Å². The Balaban J connectivity index is 2.25. The summed E-state index contributed by atoms with van der Waals surface area (Å²) in [4.78, 5) is 40.8. The number of nitrogens with zero attached hydrogens (tertiary/aromatic N) is 2. The van der Waals surface area contributed by atoms with Crippen LogP contribution in [0.3, 0.4) is 0 Å². The van der Waals surface area contributed by atoms with E-state index in [2.05, 4.69) is 9.69 Å². The predicted molar refractivity (Wildman–Crippen MR) is 138 cm³/mol. The highest BCUT2D eigenvalue weighted by Crippen LogP contribution is 2.35. The van der Waals surface area contributed by atoms with E-state index in [0.29, 0.717) is 22.7 Å². The van der Waals surface area contributed by atoms with Crippen molar-refractivity contribution in [2.24, 2.45) is 5.73 Å². The molecule has 0 spiro atoms. The Morgan fingerprint density at radius 2 is 1.67 bits per heavy atom. The number of anilines is 2. The number of hydrogen-bond donors (Lipinski definition) is 3. The van der Waals surface area contributed by atoms with Crippen LogP contribution in [0.2, 0.25) is 0 Å². The zero-order valence-corrected chi connectivity index (χ0v) is 21.5. The van der Waals surface area contributed by atoms with Gasteiger partial charge >= 0.3 is 0 Å². The van der Waals surface area contributed by atoms with Crippen LogP contribution in [-0.2, 0) is 4.79 Å². The number of nitrogens with one attached hydrogen (secondary N) is 1. The molecule has 5 N–H and O–H groups in total. The van der Waals surface area contributed by atoms with Crippen molar-refractivity contribution in [3.63, 3.8) is 0 Å². The molecule has 0 saturated carbocycles. The van der Waals surface area contributed by atoms with Crippen molar-refractivity contribution in [1.29, 1.82) is 0 Å². The van der Waals surface area contributed by atoms with Crippen LogP contribution in [0, 0.1) is 0 Å². The highest BCUT2D eigenvalue weighted by Gasteiger charge is 2.37. The average Bonchev–Trinajstić information content (AvgIpc) is 3.22. The molecule has 0 unspecified atom stereocenters. The number of ether oxygens (including phenoxy) is 2. The molecule has 1 atom stereocenters. The molecule has 1 heterocycles. The standard InChI is InChI=1S/C25H29N5O5S/c1-25(2,3)28-23(32)20(14-9-11-16(34-4)12-10-14)30(15-7-6-8-17(13-15)35-5)24(33)21-18(26)19(22(27)31)29-36-21/h6-13,20H,26H2,1-5H3,(H2,27,31)(H,28,32)/t20-/m1/s1. The van der Waals surface area contributed by atoms with Crippen molar-refractivity contribution in [2.75, 3.05) is 24.9 Å². The lowest BCUT2D eigenvalue weighted by molar-refractivity contribution is -0.123. The number of methoxy groups -OCH3 is 2. The highest BCUT2D eigenvalue weighted by molar-refractivity contribution is 7.09. The topological polar surface area (TPSA) is 150 Å². The van der Waals surface area contributed by atoms with E-state index in [1.165, 1.54) is 19.1 Å². The number of hydrogen-bond acceptors (Lipinski definition) is 8. The zero-order chi connectivity index (χ0) is 26.6. The molecule has 3 aromatic rings. The number of carbonyl (C=O) groups is 3. The first-order valence-corrected chi connectivity index (χ1v) is 11.7. The summed E-state index contributed by atoms with van der Waals surface area (Å²) in [5, 5.41) is 2.96. The van der Waals surface area contributed by atoms with E-state index in [1.807, 2.05) is 20.8 Å². The Morgan fingerprint density at radius 3 is 2.19 bits per heavy atom. The quantitative estimate of drug-likeness (QED) is 0.420. The summed E-state index contributed by atoms with van der Waals surface area (Å²) in [5.74, 6) is -0.846. The van der Waals surface area contributed by atoms with Gasteiger partial charge in [0.1, 0.15) is 22.4 Å². The smallest absolute Gasteiger partial charge is 0.273 e. The molecule has 1 aromatic heterocycles. The van der Waals surface area contributed by atoms with Crippen LogP contribution in [-0.4, -0.2) is 41.9 Å². The summed E-state index contributed by atoms with van der Waals surface area (Å²) in [5.41, 5.74) is 11.4. The first-order chi connectivity index (χ1) is 17.0. The van der Waals surface area contributed by atoms with Gasteiger partial charge in [0.05, 0.1) is 19.9 Å². The summed E-state index contributed by atoms with van der Waals surface area (Å²) in [6.45, 7) is 5.52. The average molecular weight is 512 g/mol. The fraction of sp³-hybridized carbons (Fsp3) is 0.280. The molecule has 0 aliphatic rings. The molecule has 11 heteroatoms. The van der Waals surface area contributed by atoms with Crippen molar-refractivity contribution in [3.8, 4) is 11.5 Å². The fourth-order valence-electron chi connectivity index (χ4n) is 3.52. The number of aromatic nitrogens is 1. The summed E-state index contributed by atoms with van der Waals surface area (Å²) < 4.78 is 14.6. The van der Waals surface area contributed by atoms with Crippen LogP contribution < -0.4 is 31.2 Å². The Labute approximate surface area is 213 Å². The van der Waals surface area contributed by atoms with E-state index >= 15 is 0 Å². The van der Waals surface area contributed by atoms with Crippen LogP contribution in [0.1, 0.15) is 52.5 Å². The second kappa shape index (κ2) is 10.6. The normalized spacial score (nSPS) is 11.9. The molecule has 10 nitrogen and oxygen atoms in total. The van der Waals surface area contributed by atoms with Gasteiger partial charge in [0.25, 0.3) is 11.8 Å². The van der Waals surface area contributed by atoms with Crippen LogP contribution in [0.25, 0.3) is 0 Å². The molecule has 3 rings (SSSR count). The molecule has 3 amide bonds. The monoisotopic (exact) mass is 511 g/mol. The Hall–Kier alpha value is -4.12. The molecule has 0 aliphatic carbocycles. The van der Waals surface area contributed by atoms with Gasteiger partial charge in [-0.2, -0.15) is 4.37 Å². The third-order valence-electron chi connectivity index (χ3n) is 5.14. The van der Waals surface area contributed by atoms with Crippen LogP contribution >= 0.6 is 11.5 Å². The SMILES string of the molecule is COc1ccc([C@H](C(=O)NC(C)(C)C)N(C(=O)c2snc(C(N)=O)c2N)c2cccc(OC)c2)cc1. The maximum Gasteiger partial charge on any atom is 0.273 e. The second-order valence-electron chi connectivity index (χ2n) is 8.93. The van der Waals surface area contributed by atoms with Gasteiger partial charge in [-0.3, -0.25) is 19.3 Å². The number of nitrogen functional groups attached to an aromatic ring is 1. The molecular formula is C25H29N5O5S. The lowest BCUT2D eigenvalue weighted by atomic mass is 10.00. The van der Waals surface area contributed by atoms with Crippen LogP contribution in [0.15, 0.2) is 48.5 Å². The van der Waals surface area contributed by atoms with E-state index in [9.17, 15) is 14.4 Å². The fourth-order valence-corrected chi connectivity index (χ4v) is 4.27. The van der Waals surface area contributed by atoms with Crippen LogP contribution in [0.5, 0.6) is 11.5 Å². The highest BCUT2D eigenvalue weighted by atomic mass is 32.1. The van der Waals surface area contributed by atoms with Gasteiger partial charge in [0.15, 0.2) is 5.69 Å². The molecule has 190 valence electrons. The van der Waals surface area contributed by atoms with Crippen molar-refractivity contribution in [1.82, 2.24) is 9.69 Å². The number of rotatable bonds is 8. The molecule has 2 aromatic carbocycles. The molecule has 0 saturated heterocycles. The Morgan fingerprint density at radius 1 is 1.03 bits per heavy atom. The lowest BCUT2D eigenvalue weighted by Gasteiger charge is -2.33. The number of benzene rings is 2. The van der Waals surface area contributed by atoms with Gasteiger partial charge < -0.3 is 26.3 Å². The number of amides is 3. The molecule has 0 aliphatic heterocycles. The minimum atomic E-state index is -1.12. The number of carbonyl (C=O) groups excluding carboxylic acids is 3. The van der Waals surface area contributed by atoms with Crippen molar-refractivity contribution < 1.29 is 23.9 Å².